The lowest BCUT2D eigenvalue weighted by Gasteiger charge is -2.24. The van der Waals surface area contributed by atoms with Crippen molar-refractivity contribution in [1.82, 2.24) is 4.90 Å². The number of nitrogens with zero attached hydrogens (tertiary/aromatic N) is 1. The molecule has 22 heavy (non-hydrogen) atoms. The van der Waals surface area contributed by atoms with Crippen molar-refractivity contribution in [2.45, 2.75) is 19.9 Å². The van der Waals surface area contributed by atoms with Gasteiger partial charge in [-0.2, -0.15) is 0 Å². The minimum absolute atomic E-state index is 0.0780. The Hall–Kier alpha value is -2.62. The number of likely N-dealkylation sites (N-methyl/N-ethyl adjacent to an activating group) is 1. The summed E-state index contributed by atoms with van der Waals surface area (Å²) in [5.74, 6) is -0.0780. The molecule has 0 radical (unpaired) electrons. The van der Waals surface area contributed by atoms with Crippen LogP contribution < -0.4 is 5.32 Å². The topological polar surface area (TPSA) is 49.4 Å². The zero-order valence-corrected chi connectivity index (χ0v) is 13.0. The third-order valence-electron chi connectivity index (χ3n) is 3.64. The lowest BCUT2D eigenvalue weighted by molar-refractivity contribution is 0.0894. The number of para-hydroxylation sites is 1. The van der Waals surface area contributed by atoms with Gasteiger partial charge < -0.3 is 10.2 Å². The number of ketones is 1. The van der Waals surface area contributed by atoms with E-state index in [-0.39, 0.29) is 11.8 Å². The zero-order valence-electron chi connectivity index (χ0n) is 13.0. The minimum Gasteiger partial charge on any atom is -0.317 e. The zero-order chi connectivity index (χ0) is 16.1. The smallest absolute Gasteiger partial charge is 0.317 e. The number of carbonyl (C=O) groups excluding carboxylic acids is 2. The molecule has 4 nitrogen and oxygen atoms in total. The summed E-state index contributed by atoms with van der Waals surface area (Å²) in [6.07, 6.45) is 0. The molecule has 0 fully saturated rings. The van der Waals surface area contributed by atoms with Crippen molar-refractivity contribution in [3.8, 4) is 0 Å². The highest BCUT2D eigenvalue weighted by molar-refractivity contribution is 6.02. The van der Waals surface area contributed by atoms with Gasteiger partial charge in [-0.3, -0.25) is 4.79 Å². The van der Waals surface area contributed by atoms with Crippen LogP contribution in [0.15, 0.2) is 54.6 Å². The number of aryl methyl sites for hydroxylation is 1. The van der Waals surface area contributed by atoms with Crippen molar-refractivity contribution in [3.63, 3.8) is 0 Å². The van der Waals surface area contributed by atoms with E-state index >= 15 is 0 Å². The van der Waals surface area contributed by atoms with E-state index in [9.17, 15) is 9.59 Å². The number of urea groups is 1. The quantitative estimate of drug-likeness (QED) is 0.874. The lowest BCUT2D eigenvalue weighted by atomic mass is 10.0. The van der Waals surface area contributed by atoms with E-state index in [1.54, 1.807) is 38.2 Å². The summed E-state index contributed by atoms with van der Waals surface area (Å²) in [7, 11) is 1.62. The summed E-state index contributed by atoms with van der Waals surface area (Å²) in [5.41, 5.74) is 2.41. The Morgan fingerprint density at radius 1 is 1.00 bits per heavy atom. The van der Waals surface area contributed by atoms with E-state index in [4.69, 9.17) is 0 Å². The second-order valence-corrected chi connectivity index (χ2v) is 5.31. The van der Waals surface area contributed by atoms with Gasteiger partial charge in [0, 0.05) is 18.3 Å². The first-order chi connectivity index (χ1) is 10.5. The van der Waals surface area contributed by atoms with Crippen LogP contribution in [0.2, 0.25) is 0 Å². The van der Waals surface area contributed by atoms with Crippen LogP contribution in [0.1, 0.15) is 22.8 Å². The highest BCUT2D eigenvalue weighted by Gasteiger charge is 2.23. The molecule has 0 aliphatic heterocycles. The van der Waals surface area contributed by atoms with Crippen LogP contribution in [0.4, 0.5) is 10.5 Å². The fraction of sp³-hybridized carbons (Fsp3) is 0.222. The molecule has 2 aromatic carbocycles. The maximum absolute atomic E-state index is 12.4. The number of amides is 2. The molecule has 4 heteroatoms. The first-order valence-corrected chi connectivity index (χ1v) is 7.19. The third-order valence-corrected chi connectivity index (χ3v) is 3.64. The van der Waals surface area contributed by atoms with Gasteiger partial charge in [-0.05, 0) is 26.0 Å². The maximum Gasteiger partial charge on any atom is 0.322 e. The Morgan fingerprint density at radius 2 is 1.59 bits per heavy atom. The Balaban J connectivity index is 2.04. The number of benzene rings is 2. The molecule has 1 N–H and O–H groups in total. The van der Waals surface area contributed by atoms with Crippen LogP contribution in [0.5, 0.6) is 0 Å². The number of Topliss-reactive ketones (excluding diaryl/α,β-unsaturated/α-hetero) is 1. The molecule has 0 saturated carbocycles. The molecule has 0 heterocycles. The fourth-order valence-corrected chi connectivity index (χ4v) is 2.04. The van der Waals surface area contributed by atoms with Crippen molar-refractivity contribution in [3.05, 3.63) is 65.7 Å². The Kier molecular flexibility index (Phi) is 4.94. The standard InChI is InChI=1S/C18H20N2O2/c1-13-9-11-15(12-10-13)17(21)14(2)20(3)18(22)19-16-7-5-4-6-8-16/h4-12,14H,1-3H3,(H,19,22). The normalized spacial score (nSPS) is 11.6. The van der Waals surface area contributed by atoms with Crippen molar-refractivity contribution < 1.29 is 9.59 Å². The van der Waals surface area contributed by atoms with Gasteiger partial charge in [0.1, 0.15) is 0 Å². The van der Waals surface area contributed by atoms with Gasteiger partial charge in [-0.1, -0.05) is 48.0 Å². The van der Waals surface area contributed by atoms with Crippen molar-refractivity contribution in [1.29, 1.82) is 0 Å². The van der Waals surface area contributed by atoms with Crippen molar-refractivity contribution in [2.24, 2.45) is 0 Å². The predicted octanol–water partition coefficient (Wildman–Crippen LogP) is 3.73. The first-order valence-electron chi connectivity index (χ1n) is 7.19. The van der Waals surface area contributed by atoms with Crippen molar-refractivity contribution in [2.75, 3.05) is 12.4 Å². The summed E-state index contributed by atoms with van der Waals surface area (Å²) < 4.78 is 0. The molecule has 2 rings (SSSR count). The van der Waals surface area contributed by atoms with Gasteiger partial charge in [0.05, 0.1) is 6.04 Å². The summed E-state index contributed by atoms with van der Waals surface area (Å²) in [6.45, 7) is 3.70. The Bertz CT molecular complexity index is 651. The number of anilines is 1. The molecule has 0 aliphatic rings. The molecule has 0 aromatic heterocycles. The molecule has 0 aliphatic carbocycles. The van der Waals surface area contributed by atoms with Crippen molar-refractivity contribution >= 4 is 17.5 Å². The van der Waals surface area contributed by atoms with Gasteiger partial charge >= 0.3 is 6.03 Å². The summed E-state index contributed by atoms with van der Waals surface area (Å²) in [4.78, 5) is 26.1. The van der Waals surface area contributed by atoms with Gasteiger partial charge in [0.2, 0.25) is 0 Å². The minimum atomic E-state index is -0.536. The summed E-state index contributed by atoms with van der Waals surface area (Å²) in [5, 5.41) is 2.77. The van der Waals surface area contributed by atoms with Crippen LogP contribution in [0.3, 0.4) is 0 Å². The van der Waals surface area contributed by atoms with Crippen LogP contribution in [-0.2, 0) is 0 Å². The van der Waals surface area contributed by atoms with Gasteiger partial charge in [-0.25, -0.2) is 4.79 Å². The molecule has 2 amide bonds. The first kappa shape index (κ1) is 15.8. The molecule has 1 atom stereocenters. The number of carbonyl (C=O) groups is 2. The molecule has 2 aromatic rings. The molecule has 0 saturated heterocycles. The Morgan fingerprint density at radius 3 is 2.18 bits per heavy atom. The second kappa shape index (κ2) is 6.89. The lowest BCUT2D eigenvalue weighted by Crippen LogP contribution is -2.42. The van der Waals surface area contributed by atoms with Crippen LogP contribution in [0, 0.1) is 6.92 Å². The fourth-order valence-electron chi connectivity index (χ4n) is 2.04. The molecular formula is C18H20N2O2. The van der Waals surface area contributed by atoms with E-state index in [1.807, 2.05) is 37.3 Å². The number of rotatable bonds is 4. The van der Waals surface area contributed by atoms with E-state index in [0.717, 1.165) is 5.56 Å². The SMILES string of the molecule is Cc1ccc(C(=O)C(C)N(C)C(=O)Nc2ccccc2)cc1. The summed E-state index contributed by atoms with van der Waals surface area (Å²) in [6, 6.07) is 15.7. The monoisotopic (exact) mass is 296 g/mol. The number of hydrogen-bond donors (Lipinski definition) is 1. The van der Waals surface area contributed by atoms with Crippen LogP contribution >= 0.6 is 0 Å². The summed E-state index contributed by atoms with van der Waals surface area (Å²) >= 11 is 0. The predicted molar refractivity (Wildman–Crippen MR) is 88.2 cm³/mol. The molecular weight excluding hydrogens is 276 g/mol. The van der Waals surface area contributed by atoms with E-state index < -0.39 is 6.04 Å². The Labute approximate surface area is 130 Å². The highest BCUT2D eigenvalue weighted by atomic mass is 16.2. The second-order valence-electron chi connectivity index (χ2n) is 5.31. The van der Waals surface area contributed by atoms with Gasteiger partial charge in [-0.15, -0.1) is 0 Å². The van der Waals surface area contributed by atoms with Gasteiger partial charge in [0.25, 0.3) is 0 Å². The van der Waals surface area contributed by atoms with Crippen LogP contribution in [-0.4, -0.2) is 29.8 Å². The molecule has 114 valence electrons. The maximum atomic E-state index is 12.4. The largest absolute Gasteiger partial charge is 0.322 e. The number of hydrogen-bond acceptors (Lipinski definition) is 2. The van der Waals surface area contributed by atoms with Gasteiger partial charge in [0.15, 0.2) is 5.78 Å². The average Bonchev–Trinajstić information content (AvgIpc) is 2.54. The van der Waals surface area contributed by atoms with E-state index in [0.29, 0.717) is 11.3 Å². The van der Waals surface area contributed by atoms with Crippen LogP contribution in [0.25, 0.3) is 0 Å². The third kappa shape index (κ3) is 3.73. The molecule has 0 bridgehead atoms. The average molecular weight is 296 g/mol. The van der Waals surface area contributed by atoms with E-state index in [2.05, 4.69) is 5.32 Å². The van der Waals surface area contributed by atoms with E-state index in [1.165, 1.54) is 4.90 Å². The highest BCUT2D eigenvalue weighted by Crippen LogP contribution is 2.12. The molecule has 0 spiro atoms. The number of nitrogens with one attached hydrogen (secondary N) is 1. The molecule has 1 unspecified atom stereocenters.